The van der Waals surface area contributed by atoms with Crippen molar-refractivity contribution >= 4 is 17.5 Å². The monoisotopic (exact) mass is 418 g/mol. The van der Waals surface area contributed by atoms with E-state index in [2.05, 4.69) is 21.5 Å². The van der Waals surface area contributed by atoms with E-state index >= 15 is 0 Å². The van der Waals surface area contributed by atoms with Gasteiger partial charge in [0, 0.05) is 30.6 Å². The molecule has 0 saturated carbocycles. The second-order valence-electron chi connectivity index (χ2n) is 6.81. The van der Waals surface area contributed by atoms with Crippen LogP contribution in [-0.2, 0) is 11.0 Å². The van der Waals surface area contributed by atoms with Gasteiger partial charge in [-0.15, -0.1) is 0 Å². The number of nitrogens with zero attached hydrogens (tertiary/aromatic N) is 4. The molecule has 0 saturated heterocycles. The Morgan fingerprint density at radius 3 is 2.69 bits per heavy atom. The highest BCUT2D eigenvalue weighted by molar-refractivity contribution is 6.33. The molecule has 2 aromatic rings. The van der Waals surface area contributed by atoms with Gasteiger partial charge in [0.25, 0.3) is 5.91 Å². The maximum Gasteiger partial charge on any atom is 0.419 e. The van der Waals surface area contributed by atoms with E-state index in [1.54, 1.807) is 24.0 Å². The molecular weight excluding hydrogens is 405 g/mol. The van der Waals surface area contributed by atoms with Crippen LogP contribution < -0.4 is 0 Å². The molecule has 1 aliphatic heterocycles. The summed E-state index contributed by atoms with van der Waals surface area (Å²) in [5.74, 6) is 0.128. The number of amides is 1. The highest BCUT2D eigenvalue weighted by atomic mass is 35.5. The van der Waals surface area contributed by atoms with Crippen molar-refractivity contribution in [3.63, 3.8) is 0 Å². The van der Waals surface area contributed by atoms with E-state index in [0.717, 1.165) is 22.6 Å². The molecule has 1 unspecified atom stereocenters. The second kappa shape index (κ2) is 6.78. The third kappa shape index (κ3) is 3.32. The van der Waals surface area contributed by atoms with E-state index in [-0.39, 0.29) is 11.9 Å². The fourth-order valence-electron chi connectivity index (χ4n) is 3.33. The molecule has 1 amide bonds. The van der Waals surface area contributed by atoms with Crippen molar-refractivity contribution in [2.75, 3.05) is 6.54 Å². The van der Waals surface area contributed by atoms with Crippen LogP contribution in [0.2, 0.25) is 0 Å². The molecule has 0 fully saturated rings. The van der Waals surface area contributed by atoms with E-state index in [4.69, 9.17) is 11.6 Å². The molecule has 0 aromatic carbocycles. The number of carbonyl (C=O) groups is 1. The number of halogens is 4. The second-order valence-corrected chi connectivity index (χ2v) is 7.19. The SMILES string of the molecule is Cc1cc(C(C)N2CC3=C(C=C=C=C3Cl)C2=O)cnc1-n1cc(C(F)(F)F)cn1. The van der Waals surface area contributed by atoms with E-state index < -0.39 is 11.7 Å². The first-order chi connectivity index (χ1) is 13.7. The van der Waals surface area contributed by atoms with Gasteiger partial charge in [0.05, 0.1) is 28.4 Å². The van der Waals surface area contributed by atoms with Gasteiger partial charge in [-0.3, -0.25) is 4.79 Å². The Kier molecular flexibility index (Phi) is 4.50. The summed E-state index contributed by atoms with van der Waals surface area (Å²) in [5.41, 5.74) is 7.23. The molecule has 148 valence electrons. The van der Waals surface area contributed by atoms with Gasteiger partial charge < -0.3 is 4.90 Å². The molecule has 1 atom stereocenters. The average molecular weight is 419 g/mol. The number of aromatic nitrogens is 3. The van der Waals surface area contributed by atoms with Crippen LogP contribution in [0.25, 0.3) is 5.82 Å². The number of carbonyl (C=O) groups excluding carboxylic acids is 1. The Morgan fingerprint density at radius 2 is 2.07 bits per heavy atom. The number of hydrogen-bond donors (Lipinski definition) is 0. The molecule has 0 spiro atoms. The van der Waals surface area contributed by atoms with Crippen LogP contribution in [0.1, 0.15) is 29.7 Å². The first-order valence-electron chi connectivity index (χ1n) is 8.67. The molecule has 9 heteroatoms. The summed E-state index contributed by atoms with van der Waals surface area (Å²) in [6.07, 6.45) is 0.294. The van der Waals surface area contributed by atoms with Gasteiger partial charge in [0.15, 0.2) is 5.82 Å². The van der Waals surface area contributed by atoms with Gasteiger partial charge in [-0.25, -0.2) is 9.67 Å². The highest BCUT2D eigenvalue weighted by Gasteiger charge is 2.35. The maximum atomic E-state index is 12.8. The third-order valence-electron chi connectivity index (χ3n) is 4.96. The number of hydrogen-bond acceptors (Lipinski definition) is 3. The molecule has 0 radical (unpaired) electrons. The molecular formula is C20H14ClF3N4O. The lowest BCUT2D eigenvalue weighted by molar-refractivity contribution is -0.137. The number of alkyl halides is 3. The van der Waals surface area contributed by atoms with Crippen molar-refractivity contribution in [3.05, 3.63) is 75.1 Å². The van der Waals surface area contributed by atoms with Gasteiger partial charge in [-0.05, 0) is 36.8 Å². The molecule has 2 aliphatic rings. The molecule has 0 N–H and O–H groups in total. The molecule has 1 aliphatic carbocycles. The lowest BCUT2D eigenvalue weighted by Crippen LogP contribution is -2.30. The number of pyridine rings is 1. The fourth-order valence-corrected chi connectivity index (χ4v) is 3.55. The average Bonchev–Trinajstić information content (AvgIpc) is 3.27. The number of aryl methyl sites for hydroxylation is 1. The first kappa shape index (κ1) is 19.3. The zero-order valence-electron chi connectivity index (χ0n) is 15.4. The molecule has 0 bridgehead atoms. The third-order valence-corrected chi connectivity index (χ3v) is 5.28. The summed E-state index contributed by atoms with van der Waals surface area (Å²) in [4.78, 5) is 18.7. The van der Waals surface area contributed by atoms with Gasteiger partial charge in [-0.2, -0.15) is 18.3 Å². The quantitative estimate of drug-likeness (QED) is 0.700. The van der Waals surface area contributed by atoms with Crippen molar-refractivity contribution in [1.29, 1.82) is 0 Å². The van der Waals surface area contributed by atoms with Crippen molar-refractivity contribution in [3.8, 4) is 5.82 Å². The van der Waals surface area contributed by atoms with Gasteiger partial charge in [0.2, 0.25) is 0 Å². The lowest BCUT2D eigenvalue weighted by atomic mass is 10.1. The van der Waals surface area contributed by atoms with Crippen LogP contribution in [0, 0.1) is 6.92 Å². The summed E-state index contributed by atoms with van der Waals surface area (Å²) in [5, 5.41) is 4.13. The Hall–Kier alpha value is -3.05. The minimum atomic E-state index is -4.47. The summed E-state index contributed by atoms with van der Waals surface area (Å²) in [6, 6.07) is 1.48. The van der Waals surface area contributed by atoms with E-state index in [0.29, 0.717) is 34.1 Å². The van der Waals surface area contributed by atoms with Gasteiger partial charge >= 0.3 is 6.18 Å². The minimum Gasteiger partial charge on any atom is -0.327 e. The Bertz CT molecular complexity index is 1160. The van der Waals surface area contributed by atoms with Crippen LogP contribution in [0.15, 0.2) is 58.4 Å². The standard InChI is InChI=1S/C20H14ClF3N4O/c1-11-6-13(7-25-18(11)28-9-14(8-26-28)20(22,23)24)12(2)27-10-16-15(19(27)29)4-3-5-17(16)21/h4,6-9,12H,10H2,1-2H3. The molecule has 4 rings (SSSR count). The van der Waals surface area contributed by atoms with Crippen molar-refractivity contribution in [2.24, 2.45) is 0 Å². The molecule has 3 heterocycles. The van der Waals surface area contributed by atoms with Crippen molar-refractivity contribution in [2.45, 2.75) is 26.1 Å². The summed E-state index contributed by atoms with van der Waals surface area (Å²) >= 11 is 6.13. The molecule has 29 heavy (non-hydrogen) atoms. The zero-order chi connectivity index (χ0) is 20.9. The lowest BCUT2D eigenvalue weighted by Gasteiger charge is -2.25. The van der Waals surface area contributed by atoms with Crippen LogP contribution in [-0.4, -0.2) is 32.1 Å². The van der Waals surface area contributed by atoms with Gasteiger partial charge in [-0.1, -0.05) is 17.3 Å². The number of rotatable bonds is 3. The Labute approximate surface area is 169 Å². The fraction of sp³-hybridized carbons (Fsp3) is 0.250. The predicted molar refractivity (Wildman–Crippen MR) is 99.2 cm³/mol. The highest BCUT2D eigenvalue weighted by Crippen LogP contribution is 2.35. The smallest absolute Gasteiger partial charge is 0.327 e. The van der Waals surface area contributed by atoms with Crippen LogP contribution >= 0.6 is 11.6 Å². The van der Waals surface area contributed by atoms with Gasteiger partial charge in [0.1, 0.15) is 0 Å². The Morgan fingerprint density at radius 1 is 1.31 bits per heavy atom. The van der Waals surface area contributed by atoms with Crippen molar-refractivity contribution < 1.29 is 18.0 Å². The van der Waals surface area contributed by atoms with Crippen LogP contribution in [0.4, 0.5) is 13.2 Å². The largest absolute Gasteiger partial charge is 0.419 e. The predicted octanol–water partition coefficient (Wildman–Crippen LogP) is 4.24. The van der Waals surface area contributed by atoms with Crippen LogP contribution in [0.3, 0.4) is 0 Å². The maximum absolute atomic E-state index is 12.8. The topological polar surface area (TPSA) is 51.0 Å². The normalized spacial score (nSPS) is 17.1. The zero-order valence-corrected chi connectivity index (χ0v) is 16.1. The van der Waals surface area contributed by atoms with E-state index in [1.165, 1.54) is 6.20 Å². The summed E-state index contributed by atoms with van der Waals surface area (Å²) in [6.45, 7) is 3.93. The molecule has 5 nitrogen and oxygen atoms in total. The van der Waals surface area contributed by atoms with Crippen LogP contribution in [0.5, 0.6) is 0 Å². The van der Waals surface area contributed by atoms with Crippen molar-refractivity contribution in [1.82, 2.24) is 19.7 Å². The molecule has 2 aromatic heterocycles. The minimum absolute atomic E-state index is 0.164. The first-order valence-corrected chi connectivity index (χ1v) is 9.05. The Balaban J connectivity index is 1.59. The summed E-state index contributed by atoms with van der Waals surface area (Å²) < 4.78 is 39.5. The van der Waals surface area contributed by atoms with E-state index in [1.807, 2.05) is 6.92 Å². The summed E-state index contributed by atoms with van der Waals surface area (Å²) in [7, 11) is 0. The van der Waals surface area contributed by atoms with E-state index in [9.17, 15) is 18.0 Å².